The molecule has 1 aliphatic rings. The van der Waals surface area contributed by atoms with Crippen LogP contribution in [0.2, 0.25) is 0 Å². The zero-order chi connectivity index (χ0) is 15.2. The minimum absolute atomic E-state index is 0. The van der Waals surface area contributed by atoms with Crippen molar-refractivity contribution in [1.29, 1.82) is 0 Å². The second-order valence-corrected chi connectivity index (χ2v) is 4.94. The van der Waals surface area contributed by atoms with Crippen molar-refractivity contribution in [3.63, 3.8) is 0 Å². The van der Waals surface area contributed by atoms with Crippen molar-refractivity contribution in [3.8, 4) is 0 Å². The van der Waals surface area contributed by atoms with Gasteiger partial charge in [-0.15, -0.1) is 12.4 Å². The second kappa shape index (κ2) is 8.53. The molecule has 4 N–H and O–H groups in total. The summed E-state index contributed by atoms with van der Waals surface area (Å²) in [4.78, 5) is 10.0. The van der Waals surface area contributed by atoms with Crippen LogP contribution in [0.1, 0.15) is 24.8 Å². The molecule has 5 nitrogen and oxygen atoms in total. The van der Waals surface area contributed by atoms with E-state index in [-0.39, 0.29) is 24.9 Å². The zero-order valence-electron chi connectivity index (χ0n) is 12.1. The van der Waals surface area contributed by atoms with Crippen LogP contribution in [0.15, 0.2) is 28.2 Å². The van der Waals surface area contributed by atoms with Gasteiger partial charge in [0.25, 0.3) is 0 Å². The van der Waals surface area contributed by atoms with Crippen LogP contribution in [-0.2, 0) is 6.54 Å². The number of nitrogens with zero attached hydrogens (tertiary/aromatic N) is 3. The normalized spacial score (nSPS) is 16.4. The largest absolute Gasteiger partial charge is 0.369 e. The van der Waals surface area contributed by atoms with Gasteiger partial charge in [-0.3, -0.25) is 0 Å². The van der Waals surface area contributed by atoms with Gasteiger partial charge in [-0.2, -0.15) is 4.99 Å². The second-order valence-electron chi connectivity index (χ2n) is 4.94. The van der Waals surface area contributed by atoms with E-state index in [1.165, 1.54) is 12.5 Å². The summed E-state index contributed by atoms with van der Waals surface area (Å²) < 4.78 is 25.8. The summed E-state index contributed by atoms with van der Waals surface area (Å²) >= 11 is 0. The molecule has 0 aliphatic carbocycles. The predicted octanol–water partition coefficient (Wildman–Crippen LogP) is 2.00. The van der Waals surface area contributed by atoms with Crippen LogP contribution in [0.25, 0.3) is 0 Å². The van der Waals surface area contributed by atoms with Gasteiger partial charge in [0.1, 0.15) is 0 Å². The van der Waals surface area contributed by atoms with Crippen LogP contribution >= 0.6 is 12.4 Å². The minimum atomic E-state index is -0.905. The molecule has 0 atom stereocenters. The van der Waals surface area contributed by atoms with Crippen molar-refractivity contribution < 1.29 is 8.78 Å². The number of piperidine rings is 1. The summed E-state index contributed by atoms with van der Waals surface area (Å²) in [6.45, 7) is 1.86. The molecule has 22 heavy (non-hydrogen) atoms. The fraction of sp³-hybridized carbons (Fsp3) is 0.429. The number of benzene rings is 1. The Morgan fingerprint density at radius 1 is 1.09 bits per heavy atom. The minimum Gasteiger partial charge on any atom is -0.369 e. The summed E-state index contributed by atoms with van der Waals surface area (Å²) in [5.74, 6) is -1.41. The van der Waals surface area contributed by atoms with Crippen LogP contribution in [0, 0.1) is 11.6 Å². The van der Waals surface area contributed by atoms with E-state index in [0.29, 0.717) is 11.5 Å². The van der Waals surface area contributed by atoms with E-state index in [2.05, 4.69) is 9.98 Å². The molecule has 1 aromatic rings. The molecule has 1 fully saturated rings. The van der Waals surface area contributed by atoms with Crippen molar-refractivity contribution in [2.24, 2.45) is 21.5 Å². The van der Waals surface area contributed by atoms with Crippen molar-refractivity contribution in [3.05, 3.63) is 35.4 Å². The summed E-state index contributed by atoms with van der Waals surface area (Å²) in [7, 11) is 0. The van der Waals surface area contributed by atoms with Crippen molar-refractivity contribution in [2.75, 3.05) is 13.1 Å². The highest BCUT2D eigenvalue weighted by molar-refractivity contribution is 5.93. The molecule has 0 spiro atoms. The quantitative estimate of drug-likeness (QED) is 0.642. The topological polar surface area (TPSA) is 80.0 Å². The average Bonchev–Trinajstić information content (AvgIpc) is 2.49. The highest BCUT2D eigenvalue weighted by atomic mass is 35.5. The molecule has 1 aliphatic heterocycles. The standard InChI is InChI=1S/C14H19F2N5.ClH/c15-11-5-4-10(8-12(11)16)9-19-13(17)20-14(18)21-6-2-1-3-7-21;/h4-5,8H,1-3,6-7,9H2,(H4,17,18,19,20);1H. The summed E-state index contributed by atoms with van der Waals surface area (Å²) in [6.07, 6.45) is 3.37. The molecule has 0 amide bonds. The lowest BCUT2D eigenvalue weighted by molar-refractivity contribution is 0.339. The zero-order valence-corrected chi connectivity index (χ0v) is 13.0. The first kappa shape index (κ1) is 18.2. The Morgan fingerprint density at radius 3 is 2.41 bits per heavy atom. The van der Waals surface area contributed by atoms with E-state index >= 15 is 0 Å². The lowest BCUT2D eigenvalue weighted by Gasteiger charge is -2.27. The summed E-state index contributed by atoms with van der Waals surface area (Å²) in [6, 6.07) is 3.60. The number of likely N-dealkylation sites (tertiary alicyclic amines) is 1. The van der Waals surface area contributed by atoms with Gasteiger partial charge in [0.05, 0.1) is 6.54 Å². The van der Waals surface area contributed by atoms with E-state index in [9.17, 15) is 8.78 Å². The molecule has 1 saturated heterocycles. The third-order valence-corrected chi connectivity index (χ3v) is 3.32. The Balaban J connectivity index is 0.00000242. The Kier molecular flexibility index (Phi) is 7.04. The average molecular weight is 332 g/mol. The molecular weight excluding hydrogens is 312 g/mol. The van der Waals surface area contributed by atoms with Crippen LogP contribution in [-0.4, -0.2) is 29.9 Å². The molecule has 122 valence electrons. The number of guanidine groups is 2. The van der Waals surface area contributed by atoms with Gasteiger partial charge in [-0.25, -0.2) is 13.8 Å². The van der Waals surface area contributed by atoms with Crippen LogP contribution in [0.4, 0.5) is 8.78 Å². The molecule has 0 radical (unpaired) electrons. The smallest absolute Gasteiger partial charge is 0.218 e. The number of aliphatic imine (C=N–C) groups is 2. The van der Waals surface area contributed by atoms with E-state index in [0.717, 1.165) is 38.1 Å². The molecular formula is C14H20ClF2N5. The Morgan fingerprint density at radius 2 is 1.77 bits per heavy atom. The van der Waals surface area contributed by atoms with Crippen molar-refractivity contribution in [1.82, 2.24) is 4.90 Å². The summed E-state index contributed by atoms with van der Waals surface area (Å²) in [5, 5.41) is 0. The van der Waals surface area contributed by atoms with Gasteiger partial charge in [0.15, 0.2) is 17.6 Å². The first-order valence-corrected chi connectivity index (χ1v) is 6.89. The van der Waals surface area contributed by atoms with Crippen LogP contribution < -0.4 is 11.5 Å². The van der Waals surface area contributed by atoms with Gasteiger partial charge < -0.3 is 16.4 Å². The number of nitrogens with two attached hydrogens (primary N) is 2. The molecule has 2 rings (SSSR count). The third kappa shape index (κ3) is 5.14. The van der Waals surface area contributed by atoms with Crippen molar-refractivity contribution in [2.45, 2.75) is 25.8 Å². The van der Waals surface area contributed by atoms with E-state index in [4.69, 9.17) is 11.5 Å². The van der Waals surface area contributed by atoms with Crippen molar-refractivity contribution >= 4 is 24.3 Å². The number of rotatable bonds is 2. The molecule has 0 saturated carbocycles. The molecule has 0 unspecified atom stereocenters. The summed E-state index contributed by atoms with van der Waals surface area (Å²) in [5.41, 5.74) is 12.1. The van der Waals surface area contributed by atoms with Gasteiger partial charge in [-0.1, -0.05) is 6.07 Å². The highest BCUT2D eigenvalue weighted by Gasteiger charge is 2.12. The number of hydrogen-bond acceptors (Lipinski definition) is 1. The van der Waals surface area contributed by atoms with Gasteiger partial charge >= 0.3 is 0 Å². The van der Waals surface area contributed by atoms with Gasteiger partial charge in [-0.05, 0) is 37.0 Å². The Bertz CT molecular complexity index is 556. The molecule has 1 aromatic carbocycles. The highest BCUT2D eigenvalue weighted by Crippen LogP contribution is 2.10. The third-order valence-electron chi connectivity index (χ3n) is 3.32. The maximum Gasteiger partial charge on any atom is 0.218 e. The SMILES string of the molecule is Cl.NC(=NCc1ccc(F)c(F)c1)N=C(N)N1CCCCC1. The maximum atomic E-state index is 13.0. The predicted molar refractivity (Wildman–Crippen MR) is 86.0 cm³/mol. The monoisotopic (exact) mass is 331 g/mol. The van der Waals surface area contributed by atoms with E-state index < -0.39 is 11.6 Å². The van der Waals surface area contributed by atoms with Crippen LogP contribution in [0.3, 0.4) is 0 Å². The van der Waals surface area contributed by atoms with E-state index in [1.807, 2.05) is 4.90 Å². The molecule has 0 bridgehead atoms. The molecule has 1 heterocycles. The number of halogens is 3. The lowest BCUT2D eigenvalue weighted by atomic mass is 10.1. The first-order valence-electron chi connectivity index (χ1n) is 6.89. The Hall–Kier alpha value is -1.89. The Labute approximate surface area is 134 Å². The number of hydrogen-bond donors (Lipinski definition) is 2. The van der Waals surface area contributed by atoms with Gasteiger partial charge in [0, 0.05) is 13.1 Å². The molecule has 8 heteroatoms. The van der Waals surface area contributed by atoms with Gasteiger partial charge in [0.2, 0.25) is 5.96 Å². The first-order chi connectivity index (χ1) is 10.1. The lowest BCUT2D eigenvalue weighted by Crippen LogP contribution is -2.41. The fourth-order valence-corrected chi connectivity index (χ4v) is 2.16. The maximum absolute atomic E-state index is 13.0. The van der Waals surface area contributed by atoms with Crippen LogP contribution in [0.5, 0.6) is 0 Å². The fourth-order valence-electron chi connectivity index (χ4n) is 2.16. The molecule has 0 aromatic heterocycles. The van der Waals surface area contributed by atoms with E-state index in [1.54, 1.807) is 0 Å².